The summed E-state index contributed by atoms with van der Waals surface area (Å²) in [7, 11) is 0. The Kier molecular flexibility index (Phi) is 2.18. The summed E-state index contributed by atoms with van der Waals surface area (Å²) in [4.78, 5) is 8.61. The molecule has 0 amide bonds. The highest BCUT2D eigenvalue weighted by molar-refractivity contribution is 5.63. The highest BCUT2D eigenvalue weighted by Crippen LogP contribution is 2.22. The van der Waals surface area contributed by atoms with Gasteiger partial charge in [-0.3, -0.25) is 9.38 Å². The summed E-state index contributed by atoms with van der Waals surface area (Å²) in [6, 6.07) is 8.25. The predicted octanol–water partition coefficient (Wildman–Crippen LogP) is 3.01. The van der Waals surface area contributed by atoms with Crippen LogP contribution in [0, 0.1) is 13.8 Å². The minimum absolute atomic E-state index is 0.987. The molecule has 3 heteroatoms. The van der Waals surface area contributed by atoms with Gasteiger partial charge >= 0.3 is 0 Å². The quantitative estimate of drug-likeness (QED) is 0.634. The summed E-state index contributed by atoms with van der Waals surface area (Å²) in [5, 5.41) is 0. The van der Waals surface area contributed by atoms with Gasteiger partial charge in [-0.1, -0.05) is 0 Å². The van der Waals surface area contributed by atoms with Gasteiger partial charge in [0.1, 0.15) is 5.65 Å². The third kappa shape index (κ3) is 1.60. The number of nitrogens with zero attached hydrogens (tertiary/aromatic N) is 3. The average molecular weight is 223 g/mol. The van der Waals surface area contributed by atoms with E-state index in [1.807, 2.05) is 18.5 Å². The number of hydrogen-bond donors (Lipinski definition) is 0. The lowest BCUT2D eigenvalue weighted by Gasteiger charge is -2.06. The number of rotatable bonds is 1. The van der Waals surface area contributed by atoms with Crippen LogP contribution in [-0.4, -0.2) is 14.4 Å². The predicted molar refractivity (Wildman–Crippen MR) is 67.9 cm³/mol. The fraction of sp³-hybridized carbons (Fsp3) is 0.143. The molecular weight excluding hydrogens is 210 g/mol. The van der Waals surface area contributed by atoms with Gasteiger partial charge in [-0.2, -0.15) is 0 Å². The minimum Gasteiger partial charge on any atom is -0.297 e. The van der Waals surface area contributed by atoms with Gasteiger partial charge in [0.2, 0.25) is 0 Å². The summed E-state index contributed by atoms with van der Waals surface area (Å²) >= 11 is 0. The first-order chi connectivity index (χ1) is 8.25. The molecule has 0 saturated heterocycles. The lowest BCUT2D eigenvalue weighted by molar-refractivity contribution is 1.08. The maximum Gasteiger partial charge on any atom is 0.137 e. The van der Waals surface area contributed by atoms with Gasteiger partial charge in [0, 0.05) is 23.7 Å². The topological polar surface area (TPSA) is 30.2 Å². The van der Waals surface area contributed by atoms with Gasteiger partial charge in [-0.05, 0) is 43.7 Å². The number of hydrogen-bond acceptors (Lipinski definition) is 2. The van der Waals surface area contributed by atoms with Crippen molar-refractivity contribution in [2.24, 2.45) is 0 Å². The lowest BCUT2D eigenvalue weighted by atomic mass is 10.2. The van der Waals surface area contributed by atoms with Gasteiger partial charge in [-0.25, -0.2) is 4.98 Å². The first-order valence-corrected chi connectivity index (χ1v) is 5.61. The molecule has 3 nitrogen and oxygen atoms in total. The molecular formula is C14H13N3. The minimum atomic E-state index is 0.987. The number of aryl methyl sites for hydroxylation is 2. The molecule has 0 radical (unpaired) electrons. The molecule has 84 valence electrons. The van der Waals surface area contributed by atoms with E-state index in [4.69, 9.17) is 0 Å². The zero-order chi connectivity index (χ0) is 11.8. The van der Waals surface area contributed by atoms with Crippen molar-refractivity contribution in [1.29, 1.82) is 0 Å². The van der Waals surface area contributed by atoms with Crippen molar-refractivity contribution in [2.75, 3.05) is 0 Å². The smallest absolute Gasteiger partial charge is 0.137 e. The van der Waals surface area contributed by atoms with Gasteiger partial charge in [0.15, 0.2) is 0 Å². The van der Waals surface area contributed by atoms with E-state index in [9.17, 15) is 0 Å². The fourth-order valence-corrected chi connectivity index (χ4v) is 2.20. The molecule has 3 aromatic heterocycles. The maximum absolute atomic E-state index is 4.45. The molecule has 0 aliphatic heterocycles. The first kappa shape index (κ1) is 10.0. The van der Waals surface area contributed by atoms with Crippen LogP contribution >= 0.6 is 0 Å². The molecule has 0 aromatic carbocycles. The molecule has 3 rings (SSSR count). The third-order valence-electron chi connectivity index (χ3n) is 2.89. The summed E-state index contributed by atoms with van der Waals surface area (Å²) in [5.74, 6) is 0. The maximum atomic E-state index is 4.45. The summed E-state index contributed by atoms with van der Waals surface area (Å²) in [6.45, 7) is 4.19. The number of imidazole rings is 1. The number of aromatic nitrogens is 3. The van der Waals surface area contributed by atoms with Crippen LogP contribution in [0.15, 0.2) is 42.9 Å². The second-order valence-corrected chi connectivity index (χ2v) is 4.25. The van der Waals surface area contributed by atoms with Crippen LogP contribution in [0.1, 0.15) is 11.3 Å². The van der Waals surface area contributed by atoms with Gasteiger partial charge < -0.3 is 0 Å². The summed E-state index contributed by atoms with van der Waals surface area (Å²) in [6.07, 6.45) is 5.55. The molecule has 0 aliphatic rings. The molecule has 0 bridgehead atoms. The third-order valence-corrected chi connectivity index (χ3v) is 2.89. The Labute approximate surface area is 99.8 Å². The van der Waals surface area contributed by atoms with Gasteiger partial charge in [0.05, 0.1) is 11.9 Å². The standard InChI is InChI=1S/C14H13N3/c1-10-6-11(2)17-13(9-16-14(17)7-10)12-4-3-5-15-8-12/h3-9H,1-2H3. The molecule has 3 aromatic rings. The van der Waals surface area contributed by atoms with Crippen LogP contribution in [0.25, 0.3) is 16.9 Å². The molecule has 0 saturated carbocycles. The van der Waals surface area contributed by atoms with E-state index in [2.05, 4.69) is 46.4 Å². The zero-order valence-electron chi connectivity index (χ0n) is 9.88. The average Bonchev–Trinajstić information content (AvgIpc) is 2.74. The second kappa shape index (κ2) is 3.70. The van der Waals surface area contributed by atoms with Crippen molar-refractivity contribution in [3.63, 3.8) is 0 Å². The number of pyridine rings is 2. The van der Waals surface area contributed by atoms with Crippen molar-refractivity contribution in [2.45, 2.75) is 13.8 Å². The molecule has 3 heterocycles. The van der Waals surface area contributed by atoms with E-state index in [-0.39, 0.29) is 0 Å². The van der Waals surface area contributed by atoms with E-state index in [1.165, 1.54) is 11.3 Å². The lowest BCUT2D eigenvalue weighted by Crippen LogP contribution is -1.94. The molecule has 0 fully saturated rings. The normalized spacial score (nSPS) is 10.9. The molecule has 0 unspecified atom stereocenters. The zero-order valence-corrected chi connectivity index (χ0v) is 9.88. The van der Waals surface area contributed by atoms with Crippen LogP contribution in [0.5, 0.6) is 0 Å². The summed E-state index contributed by atoms with van der Waals surface area (Å²) < 4.78 is 2.16. The van der Waals surface area contributed by atoms with Crippen molar-refractivity contribution >= 4 is 5.65 Å². The summed E-state index contributed by atoms with van der Waals surface area (Å²) in [5.41, 5.74) is 5.59. The first-order valence-electron chi connectivity index (χ1n) is 5.61. The Morgan fingerprint density at radius 1 is 1.12 bits per heavy atom. The Bertz CT molecular complexity index is 669. The van der Waals surface area contributed by atoms with Crippen molar-refractivity contribution < 1.29 is 0 Å². The fourth-order valence-electron chi connectivity index (χ4n) is 2.20. The van der Waals surface area contributed by atoms with Crippen molar-refractivity contribution in [3.8, 4) is 11.3 Å². The highest BCUT2D eigenvalue weighted by Gasteiger charge is 2.07. The van der Waals surface area contributed by atoms with Crippen LogP contribution in [-0.2, 0) is 0 Å². The monoisotopic (exact) mass is 223 g/mol. The SMILES string of the molecule is Cc1cc(C)n2c(-c3cccnc3)cnc2c1. The van der Waals surface area contributed by atoms with Crippen molar-refractivity contribution in [1.82, 2.24) is 14.4 Å². The van der Waals surface area contributed by atoms with Crippen LogP contribution in [0.3, 0.4) is 0 Å². The van der Waals surface area contributed by atoms with Crippen LogP contribution in [0.4, 0.5) is 0 Å². The van der Waals surface area contributed by atoms with Crippen LogP contribution < -0.4 is 0 Å². The number of fused-ring (bicyclic) bond motifs is 1. The Balaban J connectivity index is 2.32. The largest absolute Gasteiger partial charge is 0.297 e. The molecule has 0 N–H and O–H groups in total. The van der Waals surface area contributed by atoms with E-state index >= 15 is 0 Å². The molecule has 0 spiro atoms. The molecule has 0 aliphatic carbocycles. The van der Waals surface area contributed by atoms with Gasteiger partial charge in [-0.15, -0.1) is 0 Å². The van der Waals surface area contributed by atoms with E-state index in [0.717, 1.165) is 16.9 Å². The van der Waals surface area contributed by atoms with E-state index in [0.29, 0.717) is 0 Å². The highest BCUT2D eigenvalue weighted by atomic mass is 15.0. The van der Waals surface area contributed by atoms with E-state index in [1.54, 1.807) is 6.20 Å². The molecule has 0 atom stereocenters. The molecule has 17 heavy (non-hydrogen) atoms. The Hall–Kier alpha value is -2.16. The van der Waals surface area contributed by atoms with E-state index < -0.39 is 0 Å². The van der Waals surface area contributed by atoms with Crippen LogP contribution in [0.2, 0.25) is 0 Å². The van der Waals surface area contributed by atoms with Gasteiger partial charge in [0.25, 0.3) is 0 Å². The second-order valence-electron chi connectivity index (χ2n) is 4.25. The van der Waals surface area contributed by atoms with Crippen molar-refractivity contribution in [3.05, 3.63) is 54.1 Å². The Morgan fingerprint density at radius 3 is 2.76 bits per heavy atom. The Morgan fingerprint density at radius 2 is 2.00 bits per heavy atom.